The predicted octanol–water partition coefficient (Wildman–Crippen LogP) is 3.77. The number of esters is 1. The van der Waals surface area contributed by atoms with Crippen molar-refractivity contribution in [3.05, 3.63) is 89.9 Å². The molecule has 7 nitrogen and oxygen atoms in total. The second kappa shape index (κ2) is 10.4. The van der Waals surface area contributed by atoms with Crippen LogP contribution in [-0.2, 0) is 9.59 Å². The van der Waals surface area contributed by atoms with E-state index in [0.717, 1.165) is 16.8 Å². The van der Waals surface area contributed by atoms with Gasteiger partial charge in [0.1, 0.15) is 11.5 Å². The maximum atomic E-state index is 11.8. The molecule has 1 amide bonds. The fourth-order valence-electron chi connectivity index (χ4n) is 2.38. The zero-order valence-electron chi connectivity index (χ0n) is 16.4. The number of nitrogens with zero attached hydrogens (tertiary/aromatic N) is 1. The average Bonchev–Trinajstić information content (AvgIpc) is 3.27. The van der Waals surface area contributed by atoms with E-state index in [1.807, 2.05) is 31.2 Å². The number of hydrogen-bond donors (Lipinski definition) is 2. The van der Waals surface area contributed by atoms with Crippen LogP contribution in [0, 0.1) is 6.92 Å². The van der Waals surface area contributed by atoms with E-state index in [1.165, 1.54) is 24.6 Å². The standard InChI is InChI=1S/C23H21N3O4/c1-17-4-8-19(9-5-17)24-16-22(27)26-25-15-18-6-10-21(11-7-18)30-23(28)13-12-20-3-2-14-29-20/h2-15,24H,16H2,1H3,(H,26,27)/b13-12+,25-15+. The van der Waals surface area contributed by atoms with Gasteiger partial charge in [-0.1, -0.05) is 17.7 Å². The highest BCUT2D eigenvalue weighted by molar-refractivity contribution is 5.88. The molecule has 2 N–H and O–H groups in total. The lowest BCUT2D eigenvalue weighted by Gasteiger charge is -2.05. The molecule has 0 radical (unpaired) electrons. The summed E-state index contributed by atoms with van der Waals surface area (Å²) < 4.78 is 10.3. The van der Waals surface area contributed by atoms with Gasteiger partial charge in [0.15, 0.2) is 0 Å². The predicted molar refractivity (Wildman–Crippen MR) is 115 cm³/mol. The first-order chi connectivity index (χ1) is 14.6. The number of furan rings is 1. The van der Waals surface area contributed by atoms with Gasteiger partial charge in [-0.3, -0.25) is 4.79 Å². The average molecular weight is 403 g/mol. The summed E-state index contributed by atoms with van der Waals surface area (Å²) >= 11 is 0. The van der Waals surface area contributed by atoms with E-state index < -0.39 is 5.97 Å². The maximum absolute atomic E-state index is 11.8. The first-order valence-electron chi connectivity index (χ1n) is 9.24. The summed E-state index contributed by atoms with van der Waals surface area (Å²) in [5.41, 5.74) is 5.22. The van der Waals surface area contributed by atoms with Gasteiger partial charge in [-0.25, -0.2) is 10.2 Å². The quantitative estimate of drug-likeness (QED) is 0.196. The minimum absolute atomic E-state index is 0.112. The summed E-state index contributed by atoms with van der Waals surface area (Å²) in [5.74, 6) is 0.184. The zero-order chi connectivity index (χ0) is 21.2. The fraction of sp³-hybridized carbons (Fsp3) is 0.0870. The minimum Gasteiger partial charge on any atom is -0.465 e. The van der Waals surface area contributed by atoms with Crippen LogP contribution in [0.15, 0.2) is 82.5 Å². The summed E-state index contributed by atoms with van der Waals surface area (Å²) in [5, 5.41) is 6.94. The molecule has 152 valence electrons. The molecule has 0 aliphatic carbocycles. The van der Waals surface area contributed by atoms with Gasteiger partial charge in [0.25, 0.3) is 5.91 Å². The summed E-state index contributed by atoms with van der Waals surface area (Å²) in [6.45, 7) is 2.11. The van der Waals surface area contributed by atoms with E-state index in [-0.39, 0.29) is 12.5 Å². The van der Waals surface area contributed by atoms with Crippen LogP contribution in [0.2, 0.25) is 0 Å². The monoisotopic (exact) mass is 403 g/mol. The highest BCUT2D eigenvalue weighted by Crippen LogP contribution is 2.12. The molecule has 0 aliphatic rings. The first kappa shape index (κ1) is 20.6. The van der Waals surface area contributed by atoms with Gasteiger partial charge < -0.3 is 14.5 Å². The Labute approximate surface area is 174 Å². The molecular weight excluding hydrogens is 382 g/mol. The Morgan fingerprint density at radius 1 is 1.07 bits per heavy atom. The highest BCUT2D eigenvalue weighted by atomic mass is 16.5. The summed E-state index contributed by atoms with van der Waals surface area (Å²) in [6.07, 6.45) is 5.84. The topological polar surface area (TPSA) is 92.9 Å². The molecule has 0 aliphatic heterocycles. The van der Waals surface area contributed by atoms with E-state index in [1.54, 1.807) is 36.4 Å². The number of rotatable bonds is 8. The molecule has 30 heavy (non-hydrogen) atoms. The van der Waals surface area contributed by atoms with Crippen LogP contribution in [0.25, 0.3) is 6.08 Å². The molecule has 7 heteroatoms. The lowest BCUT2D eigenvalue weighted by atomic mass is 10.2. The number of carbonyl (C=O) groups excluding carboxylic acids is 2. The van der Waals surface area contributed by atoms with Gasteiger partial charge in [-0.2, -0.15) is 5.10 Å². The van der Waals surface area contributed by atoms with Crippen LogP contribution >= 0.6 is 0 Å². The van der Waals surface area contributed by atoms with Crippen molar-refractivity contribution in [1.82, 2.24) is 5.43 Å². The summed E-state index contributed by atoms with van der Waals surface area (Å²) in [4.78, 5) is 23.6. The number of benzene rings is 2. The molecule has 1 heterocycles. The molecule has 1 aromatic heterocycles. The number of hydrogen-bond acceptors (Lipinski definition) is 6. The van der Waals surface area contributed by atoms with Crippen molar-refractivity contribution in [2.75, 3.05) is 11.9 Å². The van der Waals surface area contributed by atoms with Gasteiger partial charge in [-0.05, 0) is 67.1 Å². The second-order valence-electron chi connectivity index (χ2n) is 6.35. The third-order valence-corrected chi connectivity index (χ3v) is 3.93. The normalized spacial score (nSPS) is 11.0. The number of nitrogens with one attached hydrogen (secondary N) is 2. The van der Waals surface area contributed by atoms with Crippen LogP contribution in [-0.4, -0.2) is 24.6 Å². The SMILES string of the molecule is Cc1ccc(NCC(=O)N/N=C/c2ccc(OC(=O)/C=C/c3ccco3)cc2)cc1. The molecule has 0 unspecified atom stereocenters. The molecule has 0 bridgehead atoms. The Kier molecular flexibility index (Phi) is 7.16. The lowest BCUT2D eigenvalue weighted by molar-refractivity contribution is -0.129. The number of ether oxygens (including phenoxy) is 1. The van der Waals surface area contributed by atoms with Crippen LogP contribution in [0.3, 0.4) is 0 Å². The molecule has 3 aromatic rings. The molecular formula is C23H21N3O4. The molecule has 2 aromatic carbocycles. The number of aryl methyl sites for hydroxylation is 1. The number of carbonyl (C=O) groups is 2. The van der Waals surface area contributed by atoms with E-state index in [4.69, 9.17) is 9.15 Å². The Balaban J connectivity index is 1.42. The molecule has 0 spiro atoms. The first-order valence-corrected chi connectivity index (χ1v) is 9.24. The zero-order valence-corrected chi connectivity index (χ0v) is 16.4. The molecule has 0 saturated carbocycles. The van der Waals surface area contributed by atoms with Gasteiger partial charge in [0.05, 0.1) is 19.0 Å². The van der Waals surface area contributed by atoms with Crippen molar-refractivity contribution in [1.29, 1.82) is 0 Å². The van der Waals surface area contributed by atoms with Crippen molar-refractivity contribution in [2.45, 2.75) is 6.92 Å². The lowest BCUT2D eigenvalue weighted by Crippen LogP contribution is -2.25. The Morgan fingerprint density at radius 2 is 1.83 bits per heavy atom. The van der Waals surface area contributed by atoms with E-state index in [2.05, 4.69) is 15.8 Å². The van der Waals surface area contributed by atoms with Crippen molar-refractivity contribution >= 4 is 29.9 Å². The van der Waals surface area contributed by atoms with Crippen molar-refractivity contribution < 1.29 is 18.7 Å². The molecule has 0 atom stereocenters. The van der Waals surface area contributed by atoms with Crippen LogP contribution < -0.4 is 15.5 Å². The molecule has 0 saturated heterocycles. The molecule has 3 rings (SSSR count). The number of amides is 1. The fourth-order valence-corrected chi connectivity index (χ4v) is 2.38. The summed E-state index contributed by atoms with van der Waals surface area (Å²) in [6, 6.07) is 17.9. The number of anilines is 1. The minimum atomic E-state index is -0.513. The van der Waals surface area contributed by atoms with Crippen LogP contribution in [0.1, 0.15) is 16.9 Å². The maximum Gasteiger partial charge on any atom is 0.336 e. The largest absolute Gasteiger partial charge is 0.465 e. The third kappa shape index (κ3) is 6.79. The Bertz CT molecular complexity index is 1020. The van der Waals surface area contributed by atoms with E-state index >= 15 is 0 Å². The highest BCUT2D eigenvalue weighted by Gasteiger charge is 2.02. The molecule has 0 fully saturated rings. The number of hydrazone groups is 1. The summed E-state index contributed by atoms with van der Waals surface area (Å²) in [7, 11) is 0. The van der Waals surface area contributed by atoms with Crippen LogP contribution in [0.4, 0.5) is 5.69 Å². The van der Waals surface area contributed by atoms with Crippen molar-refractivity contribution in [2.24, 2.45) is 5.10 Å². The third-order valence-electron chi connectivity index (χ3n) is 3.93. The Morgan fingerprint density at radius 3 is 2.53 bits per heavy atom. The van der Waals surface area contributed by atoms with Gasteiger partial charge in [0, 0.05) is 11.8 Å². The van der Waals surface area contributed by atoms with E-state index in [9.17, 15) is 9.59 Å². The smallest absolute Gasteiger partial charge is 0.336 e. The van der Waals surface area contributed by atoms with Crippen LogP contribution in [0.5, 0.6) is 5.75 Å². The van der Waals surface area contributed by atoms with Gasteiger partial charge in [0.2, 0.25) is 0 Å². The Hall–Kier alpha value is -4.13. The van der Waals surface area contributed by atoms with Crippen molar-refractivity contribution in [3.8, 4) is 5.75 Å². The van der Waals surface area contributed by atoms with Gasteiger partial charge in [-0.15, -0.1) is 0 Å². The van der Waals surface area contributed by atoms with Crippen molar-refractivity contribution in [3.63, 3.8) is 0 Å². The van der Waals surface area contributed by atoms with Gasteiger partial charge >= 0.3 is 5.97 Å². The van der Waals surface area contributed by atoms with E-state index in [0.29, 0.717) is 11.5 Å². The second-order valence-corrected chi connectivity index (χ2v) is 6.35.